The molecule has 55 valence electrons. The van der Waals surface area contributed by atoms with Gasteiger partial charge in [0, 0.05) is 0 Å². The zero-order chi connectivity index (χ0) is 7.56. The largest absolute Gasteiger partial charge is 0.240 e. The van der Waals surface area contributed by atoms with Crippen molar-refractivity contribution in [2.45, 2.75) is 31.5 Å². The number of aromatic nitrogens is 4. The van der Waals surface area contributed by atoms with Crippen molar-refractivity contribution in [3.8, 4) is 0 Å². The third-order valence-electron chi connectivity index (χ3n) is 1.47. The quantitative estimate of drug-likeness (QED) is 0.648. The molecule has 1 radical (unpaired) electrons. The molecule has 0 aromatic carbocycles. The summed E-state index contributed by atoms with van der Waals surface area (Å²) in [5.74, 6) is 0. The summed E-state index contributed by atoms with van der Waals surface area (Å²) in [6.45, 7) is 4.10. The zero-order valence-electron chi connectivity index (χ0n) is 5.98. The summed E-state index contributed by atoms with van der Waals surface area (Å²) in [4.78, 5) is 0. The van der Waals surface area contributed by atoms with E-state index in [1.165, 1.54) is 0 Å². The fourth-order valence-electron chi connectivity index (χ4n) is 0.635. The molecule has 1 unspecified atom stereocenters. The lowest BCUT2D eigenvalue weighted by Crippen LogP contribution is -2.06. The monoisotopic (exact) mass is 157 g/mol. The SMILES string of the molecule is CCC(C)n1nnnc1[S]. The molecule has 0 bridgehead atoms. The van der Waals surface area contributed by atoms with Crippen molar-refractivity contribution < 1.29 is 0 Å². The lowest BCUT2D eigenvalue weighted by Gasteiger charge is -2.06. The highest BCUT2D eigenvalue weighted by Gasteiger charge is 2.07. The van der Waals surface area contributed by atoms with Gasteiger partial charge in [0.25, 0.3) is 0 Å². The van der Waals surface area contributed by atoms with Crippen LogP contribution in [0.5, 0.6) is 0 Å². The molecule has 10 heavy (non-hydrogen) atoms. The first kappa shape index (κ1) is 7.40. The average Bonchev–Trinajstić information content (AvgIpc) is 2.34. The third-order valence-corrected chi connectivity index (χ3v) is 1.74. The van der Waals surface area contributed by atoms with E-state index in [4.69, 9.17) is 12.6 Å². The molecule has 0 fully saturated rings. The van der Waals surface area contributed by atoms with E-state index in [2.05, 4.69) is 22.4 Å². The van der Waals surface area contributed by atoms with Crippen molar-refractivity contribution in [2.75, 3.05) is 0 Å². The number of rotatable bonds is 2. The minimum absolute atomic E-state index is 0.308. The van der Waals surface area contributed by atoms with Crippen LogP contribution in [-0.2, 0) is 0 Å². The molecule has 0 saturated heterocycles. The third kappa shape index (κ3) is 1.23. The molecule has 5 heteroatoms. The lowest BCUT2D eigenvalue weighted by molar-refractivity contribution is 0.433. The van der Waals surface area contributed by atoms with Gasteiger partial charge >= 0.3 is 0 Å². The topological polar surface area (TPSA) is 43.6 Å². The molecular formula is C5H9N4S. The van der Waals surface area contributed by atoms with E-state index in [0.29, 0.717) is 11.2 Å². The molecule has 4 nitrogen and oxygen atoms in total. The van der Waals surface area contributed by atoms with Crippen molar-refractivity contribution in [1.82, 2.24) is 20.2 Å². The van der Waals surface area contributed by atoms with Gasteiger partial charge in [0.15, 0.2) is 0 Å². The molecular weight excluding hydrogens is 148 g/mol. The highest BCUT2D eigenvalue weighted by Crippen LogP contribution is 2.10. The zero-order valence-corrected chi connectivity index (χ0v) is 6.80. The van der Waals surface area contributed by atoms with Crippen LogP contribution in [0.1, 0.15) is 26.3 Å². The Morgan fingerprint density at radius 3 is 2.80 bits per heavy atom. The number of hydrogen-bond donors (Lipinski definition) is 0. The molecule has 0 aliphatic carbocycles. The molecule has 1 heterocycles. The van der Waals surface area contributed by atoms with Crippen LogP contribution in [0, 0.1) is 0 Å². The van der Waals surface area contributed by atoms with Crippen molar-refractivity contribution >= 4 is 12.6 Å². The van der Waals surface area contributed by atoms with Crippen LogP contribution in [0.15, 0.2) is 5.16 Å². The van der Waals surface area contributed by atoms with Crippen LogP contribution in [0.3, 0.4) is 0 Å². The van der Waals surface area contributed by atoms with Crippen LogP contribution in [0.25, 0.3) is 0 Å². The van der Waals surface area contributed by atoms with Gasteiger partial charge in [-0.25, -0.2) is 4.68 Å². The fraction of sp³-hybridized carbons (Fsp3) is 0.800. The second kappa shape index (κ2) is 2.92. The van der Waals surface area contributed by atoms with Gasteiger partial charge in [-0.1, -0.05) is 12.0 Å². The first-order valence-electron chi connectivity index (χ1n) is 3.20. The maximum absolute atomic E-state index is 4.85. The second-order valence-electron chi connectivity index (χ2n) is 2.16. The molecule has 1 atom stereocenters. The molecule has 0 spiro atoms. The molecule has 1 aromatic rings. The van der Waals surface area contributed by atoms with Gasteiger partial charge < -0.3 is 0 Å². The minimum Gasteiger partial charge on any atom is -0.214 e. The maximum atomic E-state index is 4.85. The lowest BCUT2D eigenvalue weighted by atomic mass is 10.3. The highest BCUT2D eigenvalue weighted by molar-refractivity contribution is 7.80. The van der Waals surface area contributed by atoms with Crippen molar-refractivity contribution in [3.05, 3.63) is 0 Å². The van der Waals surface area contributed by atoms with Crippen LogP contribution >= 0.6 is 12.6 Å². The first-order valence-corrected chi connectivity index (χ1v) is 3.61. The Kier molecular flexibility index (Phi) is 2.16. The minimum atomic E-state index is 0.308. The van der Waals surface area contributed by atoms with E-state index in [-0.39, 0.29) is 0 Å². The maximum Gasteiger partial charge on any atom is 0.240 e. The second-order valence-corrected chi connectivity index (χ2v) is 2.53. The van der Waals surface area contributed by atoms with Crippen molar-refractivity contribution in [1.29, 1.82) is 0 Å². The molecule has 0 saturated carbocycles. The summed E-state index contributed by atoms with van der Waals surface area (Å²) in [5.41, 5.74) is 0. The van der Waals surface area contributed by atoms with Crippen LogP contribution in [0.2, 0.25) is 0 Å². The smallest absolute Gasteiger partial charge is 0.214 e. The number of hydrogen-bond acceptors (Lipinski definition) is 3. The molecule has 0 N–H and O–H groups in total. The Morgan fingerprint density at radius 2 is 2.40 bits per heavy atom. The average molecular weight is 157 g/mol. The Morgan fingerprint density at radius 1 is 1.70 bits per heavy atom. The highest BCUT2D eigenvalue weighted by atomic mass is 32.1. The first-order chi connectivity index (χ1) is 4.75. The van der Waals surface area contributed by atoms with Crippen molar-refractivity contribution in [3.63, 3.8) is 0 Å². The van der Waals surface area contributed by atoms with Crippen LogP contribution in [0.4, 0.5) is 0 Å². The molecule has 1 aromatic heterocycles. The number of nitrogens with zero attached hydrogens (tertiary/aromatic N) is 4. The summed E-state index contributed by atoms with van der Waals surface area (Å²) >= 11 is 4.85. The van der Waals surface area contributed by atoms with E-state index < -0.39 is 0 Å². The van der Waals surface area contributed by atoms with Gasteiger partial charge in [0.1, 0.15) is 0 Å². The number of tetrazole rings is 1. The summed E-state index contributed by atoms with van der Waals surface area (Å²) in [5, 5.41) is 11.3. The molecule has 0 amide bonds. The van der Waals surface area contributed by atoms with Crippen molar-refractivity contribution in [2.24, 2.45) is 0 Å². The van der Waals surface area contributed by atoms with Gasteiger partial charge in [-0.2, -0.15) is 0 Å². The predicted octanol–water partition coefficient (Wildman–Crippen LogP) is 1.20. The summed E-state index contributed by atoms with van der Waals surface area (Å²) in [7, 11) is 0. The van der Waals surface area contributed by atoms with E-state index in [1.54, 1.807) is 4.68 Å². The summed E-state index contributed by atoms with van der Waals surface area (Å²) in [6.07, 6.45) is 0.995. The van der Waals surface area contributed by atoms with Gasteiger partial charge in [-0.15, -0.1) is 0 Å². The van der Waals surface area contributed by atoms with Gasteiger partial charge in [-0.3, -0.25) is 0 Å². The van der Waals surface area contributed by atoms with E-state index in [1.807, 2.05) is 6.92 Å². The summed E-state index contributed by atoms with van der Waals surface area (Å²) in [6, 6.07) is 0.308. The Bertz CT molecular complexity index is 209. The fourth-order valence-corrected chi connectivity index (χ4v) is 0.888. The standard InChI is InChI=1S/C5H9N4S/c1-3-4(2)9-5(10)6-7-8-9/h4H,3H2,1-2H3. The Balaban J connectivity index is 2.82. The molecule has 1 rings (SSSR count). The molecule has 0 aliphatic heterocycles. The summed E-state index contributed by atoms with van der Waals surface area (Å²) < 4.78 is 1.65. The Labute approximate surface area is 65.0 Å². The van der Waals surface area contributed by atoms with Crippen LogP contribution in [-0.4, -0.2) is 20.2 Å². The van der Waals surface area contributed by atoms with Gasteiger partial charge in [-0.05, 0) is 36.4 Å². The van der Waals surface area contributed by atoms with Gasteiger partial charge in [0.2, 0.25) is 5.16 Å². The predicted molar refractivity (Wildman–Crippen MR) is 38.7 cm³/mol. The van der Waals surface area contributed by atoms with Crippen LogP contribution < -0.4 is 0 Å². The van der Waals surface area contributed by atoms with E-state index in [9.17, 15) is 0 Å². The van der Waals surface area contributed by atoms with E-state index >= 15 is 0 Å². The van der Waals surface area contributed by atoms with Gasteiger partial charge in [0.05, 0.1) is 6.04 Å². The molecule has 0 aliphatic rings. The van der Waals surface area contributed by atoms with E-state index in [0.717, 1.165) is 6.42 Å². The normalized spacial score (nSPS) is 13.4. The Hall–Kier alpha value is -0.710.